The lowest BCUT2D eigenvalue weighted by atomic mass is 10.0. The van der Waals surface area contributed by atoms with Crippen molar-refractivity contribution < 1.29 is 9.47 Å². The van der Waals surface area contributed by atoms with Crippen molar-refractivity contribution in [2.45, 2.75) is 32.1 Å². The summed E-state index contributed by atoms with van der Waals surface area (Å²) in [5.74, 6) is -0.326. The van der Waals surface area contributed by atoms with Crippen LogP contribution in [0.25, 0.3) is 10.9 Å². The molecule has 122 valence electrons. The summed E-state index contributed by atoms with van der Waals surface area (Å²) in [4.78, 5) is 7.17. The number of rotatable bonds is 2. The Hall–Kier alpha value is -1.20. The molecule has 2 saturated heterocycles. The van der Waals surface area contributed by atoms with Crippen LogP contribution in [0.2, 0.25) is 5.02 Å². The Morgan fingerprint density at radius 2 is 1.87 bits per heavy atom. The molecule has 23 heavy (non-hydrogen) atoms. The van der Waals surface area contributed by atoms with E-state index in [1.54, 1.807) is 0 Å². The van der Waals surface area contributed by atoms with Gasteiger partial charge in [-0.05, 0) is 18.6 Å². The van der Waals surface area contributed by atoms with Gasteiger partial charge in [0.2, 0.25) is 0 Å². The van der Waals surface area contributed by atoms with E-state index in [-0.39, 0.29) is 5.79 Å². The van der Waals surface area contributed by atoms with E-state index < -0.39 is 0 Å². The number of hydrogen-bond acceptors (Lipinski definition) is 4. The first-order chi connectivity index (χ1) is 11.2. The molecule has 1 aromatic heterocycles. The number of nitrogens with zero attached hydrogens (tertiary/aromatic N) is 2. The number of piperidine rings is 1. The monoisotopic (exact) mass is 332 g/mol. The fraction of sp³-hybridized carbons (Fsp3) is 0.500. The molecule has 1 aromatic carbocycles. The third-order valence-corrected chi connectivity index (χ3v) is 5.45. The van der Waals surface area contributed by atoms with Gasteiger partial charge in [-0.25, -0.2) is 4.98 Å². The molecule has 2 aromatic rings. The van der Waals surface area contributed by atoms with Crippen LogP contribution >= 0.6 is 11.6 Å². The van der Waals surface area contributed by atoms with Gasteiger partial charge in [0, 0.05) is 37.9 Å². The van der Waals surface area contributed by atoms with Gasteiger partial charge in [0.1, 0.15) is 0 Å². The number of fused-ring (bicyclic) bond motifs is 1. The number of aryl methyl sites for hydroxylation is 1. The van der Waals surface area contributed by atoms with E-state index >= 15 is 0 Å². The molecule has 0 saturated carbocycles. The van der Waals surface area contributed by atoms with E-state index in [9.17, 15) is 0 Å². The molecule has 2 fully saturated rings. The standard InChI is InChI=1S/C18H21ClN2O2/c1-13-14-4-2-3-5-15(14)20-16(17(13)19)12-21-8-6-18(7-9-21)22-10-11-23-18/h2-5H,6-12H2,1H3. The molecule has 0 unspecified atom stereocenters. The smallest absolute Gasteiger partial charge is 0.170 e. The number of likely N-dealkylation sites (tertiary alicyclic amines) is 1. The molecule has 3 heterocycles. The molecule has 2 aliphatic rings. The van der Waals surface area contributed by atoms with Crippen LogP contribution < -0.4 is 0 Å². The number of halogens is 1. The highest BCUT2D eigenvalue weighted by molar-refractivity contribution is 6.32. The Labute approximate surface area is 141 Å². The van der Waals surface area contributed by atoms with Gasteiger partial charge in [-0.1, -0.05) is 29.8 Å². The molecule has 2 aliphatic heterocycles. The number of benzene rings is 1. The predicted octanol–water partition coefficient (Wildman–Crippen LogP) is 3.54. The van der Waals surface area contributed by atoms with Crippen molar-refractivity contribution in [2.75, 3.05) is 26.3 Å². The zero-order chi connectivity index (χ0) is 15.9. The number of ether oxygens (including phenoxy) is 2. The molecule has 0 N–H and O–H groups in total. The van der Waals surface area contributed by atoms with E-state index in [1.807, 2.05) is 18.2 Å². The summed E-state index contributed by atoms with van der Waals surface area (Å²) in [5.41, 5.74) is 3.09. The summed E-state index contributed by atoms with van der Waals surface area (Å²) >= 11 is 6.57. The molecular weight excluding hydrogens is 312 g/mol. The number of para-hydroxylation sites is 1. The van der Waals surface area contributed by atoms with Gasteiger partial charge in [-0.3, -0.25) is 4.90 Å². The lowest BCUT2D eigenvalue weighted by Crippen LogP contribution is -2.44. The number of aromatic nitrogens is 1. The van der Waals surface area contributed by atoms with Crippen LogP contribution in [-0.2, 0) is 16.0 Å². The Morgan fingerprint density at radius 3 is 2.61 bits per heavy atom. The SMILES string of the molecule is Cc1c(Cl)c(CN2CCC3(CC2)OCCO3)nc2ccccc12. The maximum Gasteiger partial charge on any atom is 0.170 e. The van der Waals surface area contributed by atoms with Gasteiger partial charge < -0.3 is 9.47 Å². The topological polar surface area (TPSA) is 34.6 Å². The van der Waals surface area contributed by atoms with E-state index in [0.717, 1.165) is 72.9 Å². The molecule has 1 spiro atoms. The molecule has 0 atom stereocenters. The van der Waals surface area contributed by atoms with Crippen LogP contribution in [0.4, 0.5) is 0 Å². The molecule has 4 rings (SSSR count). The normalized spacial score (nSPS) is 21.3. The van der Waals surface area contributed by atoms with Crippen molar-refractivity contribution in [3.05, 3.63) is 40.5 Å². The van der Waals surface area contributed by atoms with Gasteiger partial charge in [0.25, 0.3) is 0 Å². The Balaban J connectivity index is 1.53. The second-order valence-corrected chi connectivity index (χ2v) is 6.78. The molecular formula is C18H21ClN2O2. The summed E-state index contributed by atoms with van der Waals surface area (Å²) in [7, 11) is 0. The maximum atomic E-state index is 6.57. The summed E-state index contributed by atoms with van der Waals surface area (Å²) < 4.78 is 11.6. The van der Waals surface area contributed by atoms with Crippen molar-refractivity contribution in [3.8, 4) is 0 Å². The van der Waals surface area contributed by atoms with E-state index in [0.29, 0.717) is 0 Å². The first kappa shape index (κ1) is 15.3. The molecule has 4 nitrogen and oxygen atoms in total. The third kappa shape index (κ3) is 2.85. The minimum atomic E-state index is -0.326. The van der Waals surface area contributed by atoms with Crippen LogP contribution in [0.3, 0.4) is 0 Å². The van der Waals surface area contributed by atoms with Gasteiger partial charge >= 0.3 is 0 Å². The molecule has 0 aliphatic carbocycles. The van der Waals surface area contributed by atoms with Gasteiger partial charge in [0.05, 0.1) is 29.4 Å². The molecule has 0 bridgehead atoms. The van der Waals surface area contributed by atoms with Crippen LogP contribution in [0.15, 0.2) is 24.3 Å². The van der Waals surface area contributed by atoms with Crippen LogP contribution in [-0.4, -0.2) is 42.0 Å². The summed E-state index contributed by atoms with van der Waals surface area (Å²) in [6.07, 6.45) is 1.83. The van der Waals surface area contributed by atoms with Crippen molar-refractivity contribution >= 4 is 22.5 Å². The first-order valence-corrected chi connectivity index (χ1v) is 8.59. The fourth-order valence-corrected chi connectivity index (χ4v) is 3.78. The average Bonchev–Trinajstić information content (AvgIpc) is 3.03. The van der Waals surface area contributed by atoms with Crippen molar-refractivity contribution in [2.24, 2.45) is 0 Å². The highest BCUT2D eigenvalue weighted by Crippen LogP contribution is 2.33. The Kier molecular flexibility index (Phi) is 4.01. The van der Waals surface area contributed by atoms with E-state index in [2.05, 4.69) is 17.9 Å². The fourth-order valence-electron chi connectivity index (χ4n) is 3.57. The van der Waals surface area contributed by atoms with Crippen LogP contribution in [0, 0.1) is 6.92 Å². The van der Waals surface area contributed by atoms with Crippen LogP contribution in [0.1, 0.15) is 24.1 Å². The van der Waals surface area contributed by atoms with Crippen molar-refractivity contribution in [1.82, 2.24) is 9.88 Å². The Morgan fingerprint density at radius 1 is 1.17 bits per heavy atom. The molecule has 5 heteroatoms. The first-order valence-electron chi connectivity index (χ1n) is 8.21. The lowest BCUT2D eigenvalue weighted by Gasteiger charge is -2.37. The summed E-state index contributed by atoms with van der Waals surface area (Å²) in [6, 6.07) is 8.17. The van der Waals surface area contributed by atoms with Gasteiger partial charge in [-0.15, -0.1) is 0 Å². The Bertz CT molecular complexity index is 718. The third-order valence-electron chi connectivity index (χ3n) is 4.95. The number of pyridine rings is 1. The van der Waals surface area contributed by atoms with E-state index in [1.165, 1.54) is 0 Å². The highest BCUT2D eigenvalue weighted by Gasteiger charge is 2.39. The van der Waals surface area contributed by atoms with Gasteiger partial charge in [-0.2, -0.15) is 0 Å². The van der Waals surface area contributed by atoms with Gasteiger partial charge in [0.15, 0.2) is 5.79 Å². The minimum absolute atomic E-state index is 0.326. The molecule has 0 amide bonds. The predicted molar refractivity (Wildman–Crippen MR) is 90.6 cm³/mol. The largest absolute Gasteiger partial charge is 0.347 e. The molecule has 0 radical (unpaired) electrons. The lowest BCUT2D eigenvalue weighted by molar-refractivity contribution is -0.185. The van der Waals surface area contributed by atoms with Crippen molar-refractivity contribution in [1.29, 1.82) is 0 Å². The number of hydrogen-bond donors (Lipinski definition) is 0. The second kappa shape index (κ2) is 6.02. The summed E-state index contributed by atoms with van der Waals surface area (Å²) in [5, 5.41) is 1.92. The quantitative estimate of drug-likeness (QED) is 0.842. The minimum Gasteiger partial charge on any atom is -0.347 e. The van der Waals surface area contributed by atoms with E-state index in [4.69, 9.17) is 26.1 Å². The van der Waals surface area contributed by atoms with Crippen molar-refractivity contribution in [3.63, 3.8) is 0 Å². The highest BCUT2D eigenvalue weighted by atomic mass is 35.5. The zero-order valence-electron chi connectivity index (χ0n) is 13.3. The second-order valence-electron chi connectivity index (χ2n) is 6.40. The zero-order valence-corrected chi connectivity index (χ0v) is 14.1. The average molecular weight is 333 g/mol. The van der Waals surface area contributed by atoms with Crippen LogP contribution in [0.5, 0.6) is 0 Å². The summed E-state index contributed by atoms with van der Waals surface area (Å²) in [6.45, 7) is 6.18. The maximum absolute atomic E-state index is 6.57.